The van der Waals surface area contributed by atoms with Crippen LogP contribution in [-0.2, 0) is 6.61 Å². The Balaban J connectivity index is 2.31. The van der Waals surface area contributed by atoms with Gasteiger partial charge < -0.3 is 9.84 Å². The fraction of sp³-hybridized carbons (Fsp3) is 0.0769. The third kappa shape index (κ3) is 3.47. The number of halogens is 4. The number of hydrogen-bond acceptors (Lipinski definition) is 2. The Bertz CT molecular complexity index is 614. The van der Waals surface area contributed by atoms with Crippen LogP contribution < -0.4 is 4.74 Å². The van der Waals surface area contributed by atoms with Gasteiger partial charge in [-0.15, -0.1) is 0 Å². The van der Waals surface area contributed by atoms with Gasteiger partial charge in [-0.3, -0.25) is 0 Å². The van der Waals surface area contributed by atoms with E-state index in [1.807, 2.05) is 0 Å². The lowest BCUT2D eigenvalue weighted by molar-refractivity contribution is 0.282. The molecule has 0 spiro atoms. The number of aliphatic hydroxyl groups is 1. The monoisotopic (exact) mass is 336 g/mol. The molecule has 0 aliphatic rings. The highest BCUT2D eigenvalue weighted by molar-refractivity contribution is 6.43. The molecule has 0 aromatic heterocycles. The molecule has 0 atom stereocenters. The van der Waals surface area contributed by atoms with Gasteiger partial charge in [0.05, 0.1) is 21.7 Å². The van der Waals surface area contributed by atoms with E-state index in [1.54, 1.807) is 18.2 Å². The van der Waals surface area contributed by atoms with Gasteiger partial charge in [0.15, 0.2) is 0 Å². The lowest BCUT2D eigenvalue weighted by Crippen LogP contribution is -1.89. The fourth-order valence-corrected chi connectivity index (χ4v) is 2.23. The number of benzene rings is 2. The van der Waals surface area contributed by atoms with Crippen molar-refractivity contribution in [3.8, 4) is 11.5 Å². The van der Waals surface area contributed by atoms with Crippen LogP contribution in [0.3, 0.4) is 0 Å². The van der Waals surface area contributed by atoms with Crippen LogP contribution in [0, 0.1) is 0 Å². The second-order valence-electron chi connectivity index (χ2n) is 3.71. The SMILES string of the molecule is OCc1ccc(Oc2cc(Cl)c(Cl)cc2Cl)cc1Cl. The molecule has 0 aliphatic heterocycles. The van der Waals surface area contributed by atoms with E-state index in [9.17, 15) is 0 Å². The Morgan fingerprint density at radius 1 is 0.842 bits per heavy atom. The van der Waals surface area contributed by atoms with Crippen LogP contribution in [-0.4, -0.2) is 5.11 Å². The summed E-state index contributed by atoms with van der Waals surface area (Å²) in [5.41, 5.74) is 0.620. The van der Waals surface area contributed by atoms with Gasteiger partial charge in [-0.1, -0.05) is 52.5 Å². The third-order valence-corrected chi connectivity index (χ3v) is 3.77. The number of hydrogen-bond donors (Lipinski definition) is 1. The van der Waals surface area contributed by atoms with E-state index in [2.05, 4.69) is 0 Å². The van der Waals surface area contributed by atoms with Crippen molar-refractivity contribution in [3.63, 3.8) is 0 Å². The first-order chi connectivity index (χ1) is 9.01. The lowest BCUT2D eigenvalue weighted by Gasteiger charge is -2.10. The molecule has 2 rings (SSSR count). The molecule has 0 radical (unpaired) electrons. The Morgan fingerprint density at radius 2 is 1.53 bits per heavy atom. The summed E-state index contributed by atoms with van der Waals surface area (Å²) in [6.45, 7) is -0.132. The summed E-state index contributed by atoms with van der Waals surface area (Å²) >= 11 is 23.7. The molecule has 0 unspecified atom stereocenters. The standard InChI is InChI=1S/C13H8Cl4O2/c14-9-3-8(2-1-7(9)6-18)19-13-5-11(16)10(15)4-12(13)17/h1-5,18H,6H2. The maximum atomic E-state index is 9.03. The molecule has 0 aliphatic carbocycles. The zero-order valence-corrected chi connectivity index (χ0v) is 12.5. The third-order valence-electron chi connectivity index (χ3n) is 2.40. The normalized spacial score (nSPS) is 10.6. The van der Waals surface area contributed by atoms with Crippen molar-refractivity contribution in [2.24, 2.45) is 0 Å². The Kier molecular flexibility index (Phi) is 4.82. The average molecular weight is 338 g/mol. The number of rotatable bonds is 3. The van der Waals surface area contributed by atoms with Crippen LogP contribution >= 0.6 is 46.4 Å². The first kappa shape index (κ1) is 14.8. The van der Waals surface area contributed by atoms with Gasteiger partial charge >= 0.3 is 0 Å². The summed E-state index contributed by atoms with van der Waals surface area (Å²) in [6.07, 6.45) is 0. The summed E-state index contributed by atoms with van der Waals surface area (Å²) in [4.78, 5) is 0. The molecule has 100 valence electrons. The minimum atomic E-state index is -0.132. The van der Waals surface area contributed by atoms with Gasteiger partial charge in [0.1, 0.15) is 11.5 Å². The summed E-state index contributed by atoms with van der Waals surface area (Å²) in [6, 6.07) is 7.97. The van der Waals surface area contributed by atoms with E-state index in [-0.39, 0.29) is 6.61 Å². The highest BCUT2D eigenvalue weighted by atomic mass is 35.5. The predicted molar refractivity (Wildman–Crippen MR) is 78.9 cm³/mol. The Morgan fingerprint density at radius 3 is 2.16 bits per heavy atom. The van der Waals surface area contributed by atoms with E-state index < -0.39 is 0 Å². The molecule has 19 heavy (non-hydrogen) atoms. The highest BCUT2D eigenvalue weighted by Crippen LogP contribution is 2.37. The van der Waals surface area contributed by atoms with E-state index in [1.165, 1.54) is 12.1 Å². The first-order valence-corrected chi connectivity index (χ1v) is 6.74. The minimum absolute atomic E-state index is 0.132. The molecule has 0 fully saturated rings. The molecule has 0 saturated carbocycles. The molecular formula is C13H8Cl4O2. The minimum Gasteiger partial charge on any atom is -0.456 e. The molecular weight excluding hydrogens is 330 g/mol. The van der Waals surface area contributed by atoms with E-state index in [0.717, 1.165) is 0 Å². The van der Waals surface area contributed by atoms with Crippen molar-refractivity contribution in [3.05, 3.63) is 56.0 Å². The summed E-state index contributed by atoms with van der Waals surface area (Å²) < 4.78 is 5.58. The van der Waals surface area contributed by atoms with Crippen LogP contribution in [0.15, 0.2) is 30.3 Å². The fourth-order valence-electron chi connectivity index (χ4n) is 1.43. The molecule has 0 bridgehead atoms. The zero-order valence-electron chi connectivity index (χ0n) is 9.46. The van der Waals surface area contributed by atoms with Crippen LogP contribution in [0.2, 0.25) is 20.1 Å². The quantitative estimate of drug-likeness (QED) is 0.740. The van der Waals surface area contributed by atoms with Crippen molar-refractivity contribution in [1.29, 1.82) is 0 Å². The van der Waals surface area contributed by atoms with Crippen LogP contribution in [0.25, 0.3) is 0 Å². The summed E-state index contributed by atoms with van der Waals surface area (Å²) in [7, 11) is 0. The van der Waals surface area contributed by atoms with Gasteiger partial charge in [-0.2, -0.15) is 0 Å². The molecule has 6 heteroatoms. The van der Waals surface area contributed by atoms with Crippen molar-refractivity contribution < 1.29 is 9.84 Å². The molecule has 1 N–H and O–H groups in total. The zero-order chi connectivity index (χ0) is 14.0. The first-order valence-electron chi connectivity index (χ1n) is 5.23. The topological polar surface area (TPSA) is 29.5 Å². The molecule has 2 nitrogen and oxygen atoms in total. The van der Waals surface area contributed by atoms with Gasteiger partial charge in [0.2, 0.25) is 0 Å². The Labute approximate surface area is 130 Å². The van der Waals surface area contributed by atoms with Crippen molar-refractivity contribution in [2.45, 2.75) is 6.61 Å². The Hall–Kier alpha value is -0.640. The van der Waals surface area contributed by atoms with Crippen molar-refractivity contribution in [2.75, 3.05) is 0 Å². The van der Waals surface area contributed by atoms with Crippen LogP contribution in [0.5, 0.6) is 11.5 Å². The van der Waals surface area contributed by atoms with Gasteiger partial charge in [0, 0.05) is 11.1 Å². The van der Waals surface area contributed by atoms with Gasteiger partial charge in [0.25, 0.3) is 0 Å². The van der Waals surface area contributed by atoms with Crippen LogP contribution in [0.1, 0.15) is 5.56 Å². The van der Waals surface area contributed by atoms with E-state index >= 15 is 0 Å². The molecule has 0 heterocycles. The largest absolute Gasteiger partial charge is 0.456 e. The maximum absolute atomic E-state index is 9.03. The van der Waals surface area contributed by atoms with Crippen LogP contribution in [0.4, 0.5) is 0 Å². The van der Waals surface area contributed by atoms with Crippen molar-refractivity contribution >= 4 is 46.4 Å². The summed E-state index contributed by atoms with van der Waals surface area (Å²) in [5.74, 6) is 0.867. The predicted octanol–water partition coefficient (Wildman–Crippen LogP) is 5.58. The summed E-state index contributed by atoms with van der Waals surface area (Å²) in [5, 5.41) is 10.5. The number of aliphatic hydroxyl groups excluding tert-OH is 1. The van der Waals surface area contributed by atoms with E-state index in [4.69, 9.17) is 56.2 Å². The second kappa shape index (κ2) is 6.21. The van der Waals surface area contributed by atoms with Gasteiger partial charge in [-0.05, 0) is 23.8 Å². The second-order valence-corrected chi connectivity index (χ2v) is 5.34. The van der Waals surface area contributed by atoms with Crippen molar-refractivity contribution in [1.82, 2.24) is 0 Å². The van der Waals surface area contributed by atoms with E-state index in [0.29, 0.717) is 37.2 Å². The van der Waals surface area contributed by atoms with Gasteiger partial charge in [-0.25, -0.2) is 0 Å². The molecule has 0 amide bonds. The maximum Gasteiger partial charge on any atom is 0.147 e. The smallest absolute Gasteiger partial charge is 0.147 e. The lowest BCUT2D eigenvalue weighted by atomic mass is 10.2. The molecule has 2 aromatic carbocycles. The number of ether oxygens (including phenoxy) is 1. The average Bonchev–Trinajstić information content (AvgIpc) is 2.36. The molecule has 2 aromatic rings. The highest BCUT2D eigenvalue weighted by Gasteiger charge is 2.09. The molecule has 0 saturated heterocycles.